The smallest absolute Gasteiger partial charge is 0.259 e. The van der Waals surface area contributed by atoms with Gasteiger partial charge in [-0.3, -0.25) is 14.8 Å². The van der Waals surface area contributed by atoms with Crippen LogP contribution in [0.25, 0.3) is 0 Å². The van der Waals surface area contributed by atoms with Crippen LogP contribution in [0.3, 0.4) is 0 Å². The van der Waals surface area contributed by atoms with E-state index in [1.807, 2.05) is 41.4 Å². The van der Waals surface area contributed by atoms with Gasteiger partial charge in [-0.15, -0.1) is 0 Å². The topological polar surface area (TPSA) is 70.2 Å². The molecule has 1 aliphatic rings. The average Bonchev–Trinajstić information content (AvgIpc) is 2.86. The lowest BCUT2D eigenvalue weighted by molar-refractivity contribution is 0.0986. The molecule has 1 amide bonds. The van der Waals surface area contributed by atoms with Gasteiger partial charge in [0.1, 0.15) is 0 Å². The van der Waals surface area contributed by atoms with Crippen molar-refractivity contribution in [1.82, 2.24) is 15.3 Å². The van der Waals surface area contributed by atoms with Crippen LogP contribution in [0.4, 0.5) is 11.4 Å². The maximum Gasteiger partial charge on any atom is 0.259 e. The van der Waals surface area contributed by atoms with Crippen molar-refractivity contribution in [1.29, 1.82) is 0 Å². The molecule has 4 rings (SSSR count). The van der Waals surface area contributed by atoms with Crippen LogP contribution in [0.2, 0.25) is 0 Å². The predicted octanol–water partition coefficient (Wildman–Crippen LogP) is 4.83. The first kappa shape index (κ1) is 22.9. The minimum atomic E-state index is 0.0114. The summed E-state index contributed by atoms with van der Waals surface area (Å²) in [6, 6.07) is 16.0. The van der Waals surface area contributed by atoms with E-state index in [9.17, 15) is 4.79 Å². The summed E-state index contributed by atoms with van der Waals surface area (Å²) in [5.74, 6) is 0.0114. The molecule has 0 fully saturated rings. The normalized spacial score (nSPS) is 15.1. The van der Waals surface area contributed by atoms with E-state index in [0.717, 1.165) is 61.5 Å². The minimum absolute atomic E-state index is 0.0114. The molecule has 2 aromatic heterocycles. The van der Waals surface area contributed by atoms with E-state index in [-0.39, 0.29) is 5.91 Å². The third-order valence-corrected chi connectivity index (χ3v) is 6.01. The number of amides is 1. The Bertz CT molecular complexity index is 1010. The fraction of sp³-hybridized carbons (Fsp3) is 0.370. The molecule has 1 aliphatic heterocycles. The number of hydrogen-bond acceptors (Lipinski definition) is 5. The van der Waals surface area contributed by atoms with E-state index in [4.69, 9.17) is 0 Å². The second kappa shape index (κ2) is 12.1. The Hall–Kier alpha value is -3.25. The lowest BCUT2D eigenvalue weighted by Gasteiger charge is -2.27. The third-order valence-electron chi connectivity index (χ3n) is 6.01. The standard InChI is InChI=1S/C27H33N5O/c33-27(22-9-8-15-29-20-22)32-18-7-3-1-2-5-14-28-21-23-19-25(11-12-26(23)32)31-17-13-24-10-4-6-16-30-24/h4,6,8-12,15-16,19-20,28,31H,1-3,5,7,13-14,17-18,21H2. The van der Waals surface area contributed by atoms with E-state index in [0.29, 0.717) is 12.1 Å². The first-order valence-electron chi connectivity index (χ1n) is 12.0. The number of nitrogens with one attached hydrogen (secondary N) is 2. The Kier molecular flexibility index (Phi) is 8.42. The quantitative estimate of drug-likeness (QED) is 0.591. The van der Waals surface area contributed by atoms with Crippen LogP contribution >= 0.6 is 0 Å². The van der Waals surface area contributed by atoms with Crippen LogP contribution < -0.4 is 15.5 Å². The van der Waals surface area contributed by atoms with Crippen molar-refractivity contribution in [2.75, 3.05) is 29.9 Å². The van der Waals surface area contributed by atoms with Crippen LogP contribution in [0.5, 0.6) is 0 Å². The molecule has 0 bridgehead atoms. The number of carbonyl (C=O) groups is 1. The zero-order valence-corrected chi connectivity index (χ0v) is 19.2. The molecule has 6 heteroatoms. The molecule has 2 N–H and O–H groups in total. The Morgan fingerprint density at radius 1 is 1.00 bits per heavy atom. The maximum atomic E-state index is 13.4. The summed E-state index contributed by atoms with van der Waals surface area (Å²) >= 11 is 0. The Labute approximate surface area is 196 Å². The summed E-state index contributed by atoms with van der Waals surface area (Å²) in [6.07, 6.45) is 11.8. The van der Waals surface area contributed by atoms with Gasteiger partial charge in [0.15, 0.2) is 0 Å². The van der Waals surface area contributed by atoms with Crippen molar-refractivity contribution in [2.45, 2.75) is 45.1 Å². The van der Waals surface area contributed by atoms with E-state index >= 15 is 0 Å². The molecule has 1 aromatic carbocycles. The summed E-state index contributed by atoms with van der Waals surface area (Å²) in [6.45, 7) is 3.25. The number of anilines is 2. The molecule has 0 unspecified atom stereocenters. The minimum Gasteiger partial charge on any atom is -0.385 e. The molecule has 3 aromatic rings. The number of hydrogen-bond donors (Lipinski definition) is 2. The van der Waals surface area contributed by atoms with Gasteiger partial charge in [0.2, 0.25) is 0 Å². The molecule has 33 heavy (non-hydrogen) atoms. The molecular weight excluding hydrogens is 410 g/mol. The molecule has 3 heterocycles. The van der Waals surface area contributed by atoms with Crippen molar-refractivity contribution in [3.05, 3.63) is 83.9 Å². The highest BCUT2D eigenvalue weighted by Gasteiger charge is 2.21. The Morgan fingerprint density at radius 2 is 1.91 bits per heavy atom. The Balaban J connectivity index is 1.55. The molecule has 0 saturated carbocycles. The summed E-state index contributed by atoms with van der Waals surface area (Å²) < 4.78 is 0. The van der Waals surface area contributed by atoms with Gasteiger partial charge in [0.05, 0.1) is 5.56 Å². The summed E-state index contributed by atoms with van der Waals surface area (Å²) in [5, 5.41) is 7.10. The van der Waals surface area contributed by atoms with Gasteiger partial charge >= 0.3 is 0 Å². The van der Waals surface area contributed by atoms with E-state index in [1.54, 1.807) is 12.4 Å². The van der Waals surface area contributed by atoms with Crippen LogP contribution in [0, 0.1) is 0 Å². The second-order valence-electron chi connectivity index (χ2n) is 8.48. The SMILES string of the molecule is O=C(c1cccnc1)N1CCCCCCCNCc2cc(NCCc3ccccn3)ccc21. The van der Waals surface area contributed by atoms with Crippen LogP contribution in [-0.2, 0) is 13.0 Å². The highest BCUT2D eigenvalue weighted by Crippen LogP contribution is 2.27. The van der Waals surface area contributed by atoms with Crippen molar-refractivity contribution < 1.29 is 4.79 Å². The van der Waals surface area contributed by atoms with E-state index in [1.165, 1.54) is 19.3 Å². The molecule has 0 spiro atoms. The van der Waals surface area contributed by atoms with Gasteiger partial charge < -0.3 is 15.5 Å². The van der Waals surface area contributed by atoms with Crippen molar-refractivity contribution in [3.63, 3.8) is 0 Å². The highest BCUT2D eigenvalue weighted by molar-refractivity contribution is 6.06. The Morgan fingerprint density at radius 3 is 2.76 bits per heavy atom. The van der Waals surface area contributed by atoms with Gasteiger partial charge in [0.25, 0.3) is 5.91 Å². The summed E-state index contributed by atoms with van der Waals surface area (Å²) in [7, 11) is 0. The largest absolute Gasteiger partial charge is 0.385 e. The number of aromatic nitrogens is 2. The number of nitrogens with zero attached hydrogens (tertiary/aromatic N) is 3. The van der Waals surface area contributed by atoms with Gasteiger partial charge in [-0.1, -0.05) is 25.3 Å². The van der Waals surface area contributed by atoms with E-state index < -0.39 is 0 Å². The molecular formula is C27H33N5O. The first-order chi connectivity index (χ1) is 16.3. The number of fused-ring (bicyclic) bond motifs is 1. The lowest BCUT2D eigenvalue weighted by Crippen LogP contribution is -2.33. The van der Waals surface area contributed by atoms with Crippen LogP contribution in [0.15, 0.2) is 67.1 Å². The second-order valence-corrected chi connectivity index (χ2v) is 8.48. The molecule has 0 atom stereocenters. The molecule has 6 nitrogen and oxygen atoms in total. The van der Waals surface area contributed by atoms with Crippen molar-refractivity contribution in [3.8, 4) is 0 Å². The fourth-order valence-corrected chi connectivity index (χ4v) is 4.23. The predicted molar refractivity (Wildman–Crippen MR) is 134 cm³/mol. The zero-order valence-electron chi connectivity index (χ0n) is 19.2. The van der Waals surface area contributed by atoms with Crippen LogP contribution in [-0.4, -0.2) is 35.5 Å². The number of carbonyl (C=O) groups excluding carboxylic acids is 1. The first-order valence-corrected chi connectivity index (χ1v) is 12.0. The van der Waals surface area contributed by atoms with Gasteiger partial charge in [0, 0.05) is 61.7 Å². The molecule has 0 saturated heterocycles. The lowest BCUT2D eigenvalue weighted by atomic mass is 10.1. The summed E-state index contributed by atoms with van der Waals surface area (Å²) in [4.78, 5) is 23.9. The fourth-order valence-electron chi connectivity index (χ4n) is 4.23. The van der Waals surface area contributed by atoms with Gasteiger partial charge in [-0.05, 0) is 67.4 Å². The van der Waals surface area contributed by atoms with Gasteiger partial charge in [-0.25, -0.2) is 0 Å². The third kappa shape index (κ3) is 6.62. The molecule has 0 aliphatic carbocycles. The maximum absolute atomic E-state index is 13.4. The number of pyridine rings is 2. The monoisotopic (exact) mass is 443 g/mol. The molecule has 0 radical (unpaired) electrons. The van der Waals surface area contributed by atoms with E-state index in [2.05, 4.69) is 38.8 Å². The highest BCUT2D eigenvalue weighted by atomic mass is 16.2. The zero-order chi connectivity index (χ0) is 22.7. The number of rotatable bonds is 5. The number of benzene rings is 1. The summed E-state index contributed by atoms with van der Waals surface area (Å²) in [5.41, 5.74) is 4.88. The van der Waals surface area contributed by atoms with Crippen molar-refractivity contribution >= 4 is 17.3 Å². The van der Waals surface area contributed by atoms with Crippen molar-refractivity contribution in [2.24, 2.45) is 0 Å². The average molecular weight is 444 g/mol. The van der Waals surface area contributed by atoms with Gasteiger partial charge in [-0.2, -0.15) is 0 Å². The van der Waals surface area contributed by atoms with Crippen LogP contribution in [0.1, 0.15) is 53.7 Å². The molecule has 172 valence electrons.